The van der Waals surface area contributed by atoms with E-state index in [-0.39, 0.29) is 5.69 Å². The van der Waals surface area contributed by atoms with Crippen LogP contribution in [0.25, 0.3) is 10.9 Å². The van der Waals surface area contributed by atoms with Gasteiger partial charge in [-0.05, 0) is 12.1 Å². The number of benzene rings is 1. The third-order valence-corrected chi connectivity index (χ3v) is 2.40. The number of hydrogen-bond donors (Lipinski definition) is 1. The van der Waals surface area contributed by atoms with Gasteiger partial charge in [-0.2, -0.15) is 8.78 Å². The molecule has 0 fully saturated rings. The number of para-hydroxylation sites is 1. The highest BCUT2D eigenvalue weighted by molar-refractivity contribution is 5.78. The number of hydrogen-bond acceptors (Lipinski definition) is 2. The molecule has 1 aromatic carbocycles. The molecule has 1 aromatic heterocycles. The number of rotatable bonds is 3. The molecule has 2 nitrogen and oxygen atoms in total. The number of pyridine rings is 1. The first kappa shape index (κ1) is 11.0. The lowest BCUT2D eigenvalue weighted by Crippen LogP contribution is -2.16. The normalized spacial score (nSPS) is 11.9. The number of aromatic nitrogens is 1. The van der Waals surface area contributed by atoms with E-state index in [4.69, 9.17) is 5.11 Å². The largest absolute Gasteiger partial charge is 0.396 e. The van der Waals surface area contributed by atoms with Crippen LogP contribution in [-0.4, -0.2) is 16.7 Å². The molecule has 0 aliphatic rings. The van der Waals surface area contributed by atoms with Gasteiger partial charge in [-0.25, -0.2) is 4.98 Å². The standard InChI is InChI=1S/C12H11F2NO/c13-12(14,7-8-16)11-6-5-9-3-1-2-4-10(9)15-11/h1-6,16H,7-8H2. The van der Waals surface area contributed by atoms with Gasteiger partial charge in [0, 0.05) is 18.4 Å². The van der Waals surface area contributed by atoms with Crippen LogP contribution in [0.4, 0.5) is 8.78 Å². The Labute approximate surface area is 91.6 Å². The van der Waals surface area contributed by atoms with Crippen LogP contribution in [0.3, 0.4) is 0 Å². The summed E-state index contributed by atoms with van der Waals surface area (Å²) in [5.74, 6) is -3.07. The van der Waals surface area contributed by atoms with E-state index < -0.39 is 19.0 Å². The van der Waals surface area contributed by atoms with Gasteiger partial charge in [0.2, 0.25) is 0 Å². The lowest BCUT2D eigenvalue weighted by Gasteiger charge is -2.14. The lowest BCUT2D eigenvalue weighted by molar-refractivity contribution is -0.0307. The van der Waals surface area contributed by atoms with Gasteiger partial charge in [-0.15, -0.1) is 0 Å². The molecule has 2 rings (SSSR count). The van der Waals surface area contributed by atoms with Gasteiger partial charge in [0.1, 0.15) is 5.69 Å². The van der Waals surface area contributed by atoms with Crippen molar-refractivity contribution in [2.45, 2.75) is 12.3 Å². The van der Waals surface area contributed by atoms with Crippen molar-refractivity contribution in [1.29, 1.82) is 0 Å². The summed E-state index contributed by atoms with van der Waals surface area (Å²) in [7, 11) is 0. The van der Waals surface area contributed by atoms with Crippen LogP contribution in [-0.2, 0) is 5.92 Å². The third kappa shape index (κ3) is 2.02. The van der Waals surface area contributed by atoms with Crippen LogP contribution in [0, 0.1) is 0 Å². The van der Waals surface area contributed by atoms with Crippen molar-refractivity contribution in [3.63, 3.8) is 0 Å². The summed E-state index contributed by atoms with van der Waals surface area (Å²) in [4.78, 5) is 3.90. The van der Waals surface area contributed by atoms with E-state index in [0.717, 1.165) is 5.39 Å². The Morgan fingerprint density at radius 3 is 2.62 bits per heavy atom. The average molecular weight is 223 g/mol. The van der Waals surface area contributed by atoms with Crippen molar-refractivity contribution in [1.82, 2.24) is 4.98 Å². The first-order valence-electron chi connectivity index (χ1n) is 4.98. The zero-order valence-corrected chi connectivity index (χ0v) is 8.53. The fourth-order valence-electron chi connectivity index (χ4n) is 1.54. The lowest BCUT2D eigenvalue weighted by atomic mass is 10.1. The summed E-state index contributed by atoms with van der Waals surface area (Å²) in [6.45, 7) is -0.554. The average Bonchev–Trinajstić information content (AvgIpc) is 2.28. The van der Waals surface area contributed by atoms with E-state index in [1.165, 1.54) is 6.07 Å². The fourth-order valence-corrected chi connectivity index (χ4v) is 1.54. The second-order valence-electron chi connectivity index (χ2n) is 3.57. The molecule has 0 aliphatic carbocycles. The highest BCUT2D eigenvalue weighted by atomic mass is 19.3. The molecule has 84 valence electrons. The number of halogens is 2. The fraction of sp³-hybridized carbons (Fsp3) is 0.250. The molecule has 1 N–H and O–H groups in total. The molecule has 0 saturated carbocycles. The van der Waals surface area contributed by atoms with Gasteiger partial charge in [0.15, 0.2) is 0 Å². The van der Waals surface area contributed by atoms with E-state index in [1.807, 2.05) is 12.1 Å². The summed E-state index contributed by atoms with van der Waals surface area (Å²) in [5, 5.41) is 9.39. The van der Waals surface area contributed by atoms with Crippen LogP contribution in [0.1, 0.15) is 12.1 Å². The van der Waals surface area contributed by atoms with Crippen LogP contribution < -0.4 is 0 Å². The quantitative estimate of drug-likeness (QED) is 0.867. The number of fused-ring (bicyclic) bond motifs is 1. The Hall–Kier alpha value is -1.55. The number of aliphatic hydroxyl groups excluding tert-OH is 1. The Balaban J connectivity index is 2.46. The van der Waals surface area contributed by atoms with Gasteiger partial charge >= 0.3 is 0 Å². The predicted octanol–water partition coefficient (Wildman–Crippen LogP) is 2.71. The van der Waals surface area contributed by atoms with Gasteiger partial charge in [0.05, 0.1) is 5.52 Å². The van der Waals surface area contributed by atoms with Crippen molar-refractivity contribution in [2.75, 3.05) is 6.61 Å². The molecule has 0 atom stereocenters. The molecule has 0 spiro atoms. The van der Waals surface area contributed by atoms with E-state index >= 15 is 0 Å². The highest BCUT2D eigenvalue weighted by Gasteiger charge is 2.32. The summed E-state index contributed by atoms with van der Waals surface area (Å²) in [6, 6.07) is 10.0. The second-order valence-corrected chi connectivity index (χ2v) is 3.57. The molecule has 4 heteroatoms. The maximum Gasteiger partial charge on any atom is 0.291 e. The highest BCUT2D eigenvalue weighted by Crippen LogP contribution is 2.30. The van der Waals surface area contributed by atoms with Crippen LogP contribution in [0.2, 0.25) is 0 Å². The zero-order valence-electron chi connectivity index (χ0n) is 8.53. The van der Waals surface area contributed by atoms with Gasteiger partial charge < -0.3 is 5.11 Å². The SMILES string of the molecule is OCCC(F)(F)c1ccc2ccccc2n1. The molecule has 0 saturated heterocycles. The number of alkyl halides is 2. The van der Waals surface area contributed by atoms with E-state index in [1.54, 1.807) is 18.2 Å². The van der Waals surface area contributed by atoms with Crippen molar-refractivity contribution in [3.8, 4) is 0 Å². The Morgan fingerprint density at radius 2 is 1.88 bits per heavy atom. The van der Waals surface area contributed by atoms with E-state index in [9.17, 15) is 8.78 Å². The molecular weight excluding hydrogens is 212 g/mol. The zero-order chi connectivity index (χ0) is 11.6. The minimum atomic E-state index is -3.07. The van der Waals surface area contributed by atoms with Crippen molar-refractivity contribution < 1.29 is 13.9 Å². The topological polar surface area (TPSA) is 33.1 Å². The number of aliphatic hydroxyl groups is 1. The molecule has 1 heterocycles. The summed E-state index contributed by atoms with van der Waals surface area (Å²) >= 11 is 0. The van der Waals surface area contributed by atoms with Crippen LogP contribution in [0.5, 0.6) is 0 Å². The Morgan fingerprint density at radius 1 is 1.12 bits per heavy atom. The first-order chi connectivity index (χ1) is 7.63. The molecule has 2 aromatic rings. The third-order valence-electron chi connectivity index (χ3n) is 2.40. The van der Waals surface area contributed by atoms with Gasteiger partial charge in [-0.3, -0.25) is 0 Å². The smallest absolute Gasteiger partial charge is 0.291 e. The van der Waals surface area contributed by atoms with Crippen LogP contribution in [0.15, 0.2) is 36.4 Å². The molecule has 0 radical (unpaired) electrons. The molecular formula is C12H11F2NO. The van der Waals surface area contributed by atoms with Crippen molar-refractivity contribution in [3.05, 3.63) is 42.1 Å². The maximum atomic E-state index is 13.5. The van der Waals surface area contributed by atoms with Crippen molar-refractivity contribution in [2.24, 2.45) is 0 Å². The summed E-state index contributed by atoms with van der Waals surface area (Å²) in [5.41, 5.74) is 0.248. The first-order valence-corrected chi connectivity index (χ1v) is 4.98. The minimum Gasteiger partial charge on any atom is -0.396 e. The van der Waals surface area contributed by atoms with Crippen molar-refractivity contribution >= 4 is 10.9 Å². The molecule has 0 amide bonds. The monoisotopic (exact) mass is 223 g/mol. The molecule has 0 aliphatic heterocycles. The second kappa shape index (κ2) is 4.14. The summed E-state index contributed by atoms with van der Waals surface area (Å²) < 4.78 is 26.9. The maximum absolute atomic E-state index is 13.5. The number of nitrogens with zero attached hydrogens (tertiary/aromatic N) is 1. The van der Waals surface area contributed by atoms with Crippen LogP contribution >= 0.6 is 0 Å². The summed E-state index contributed by atoms with van der Waals surface area (Å²) in [6.07, 6.45) is -0.599. The van der Waals surface area contributed by atoms with E-state index in [0.29, 0.717) is 5.52 Å². The van der Waals surface area contributed by atoms with E-state index in [2.05, 4.69) is 4.98 Å². The van der Waals surface area contributed by atoms with Gasteiger partial charge in [0.25, 0.3) is 5.92 Å². The van der Waals surface area contributed by atoms with Gasteiger partial charge in [-0.1, -0.05) is 24.3 Å². The predicted molar refractivity (Wildman–Crippen MR) is 57.3 cm³/mol. The Kier molecular flexibility index (Phi) is 2.83. The minimum absolute atomic E-state index is 0.291. The molecule has 16 heavy (non-hydrogen) atoms. The Bertz CT molecular complexity index is 499. The molecule has 0 unspecified atom stereocenters. The molecule has 0 bridgehead atoms.